The highest BCUT2D eigenvalue weighted by Crippen LogP contribution is 2.35. The van der Waals surface area contributed by atoms with Gasteiger partial charge >= 0.3 is 0 Å². The van der Waals surface area contributed by atoms with Crippen LogP contribution in [0.25, 0.3) is 0 Å². The summed E-state index contributed by atoms with van der Waals surface area (Å²) in [7, 11) is 0. The Kier molecular flexibility index (Phi) is 3.51. The van der Waals surface area contributed by atoms with Crippen molar-refractivity contribution in [2.75, 3.05) is 11.5 Å². The quantitative estimate of drug-likeness (QED) is 0.856. The molecule has 0 saturated carbocycles. The third-order valence-corrected chi connectivity index (χ3v) is 3.57. The van der Waals surface area contributed by atoms with Gasteiger partial charge in [-0.15, -0.1) is 0 Å². The number of benzene rings is 2. The van der Waals surface area contributed by atoms with Crippen LogP contribution in [-0.4, -0.2) is 12.5 Å². The van der Waals surface area contributed by atoms with Crippen LogP contribution in [0.3, 0.4) is 0 Å². The molecule has 0 bridgehead atoms. The number of ether oxygens (including phenoxy) is 1. The minimum Gasteiger partial charge on any atom is -0.482 e. The monoisotopic (exact) mass is 298 g/mol. The lowest BCUT2D eigenvalue weighted by atomic mass is 10.1. The molecule has 0 N–H and O–H groups in total. The molecule has 1 aliphatic rings. The molecule has 2 aromatic carbocycles. The topological polar surface area (TPSA) is 53.3 Å². The van der Waals surface area contributed by atoms with Crippen molar-refractivity contribution >= 4 is 23.2 Å². The fourth-order valence-corrected chi connectivity index (χ4v) is 2.45. The Morgan fingerprint density at radius 2 is 2.10 bits per heavy atom. The van der Waals surface area contributed by atoms with Gasteiger partial charge in [-0.3, -0.25) is 4.79 Å². The second-order valence-electron chi connectivity index (χ2n) is 4.65. The molecule has 0 spiro atoms. The molecule has 0 radical (unpaired) electrons. The van der Waals surface area contributed by atoms with Crippen LogP contribution >= 0.6 is 11.6 Å². The maximum absolute atomic E-state index is 12.1. The Hall–Kier alpha value is -2.51. The van der Waals surface area contributed by atoms with Crippen LogP contribution in [0.5, 0.6) is 5.75 Å². The Morgan fingerprint density at radius 3 is 2.90 bits per heavy atom. The first-order chi connectivity index (χ1) is 10.2. The maximum Gasteiger partial charge on any atom is 0.265 e. The lowest BCUT2D eigenvalue weighted by Crippen LogP contribution is -2.38. The van der Waals surface area contributed by atoms with E-state index in [2.05, 4.69) is 6.07 Å². The van der Waals surface area contributed by atoms with Gasteiger partial charge in [-0.25, -0.2) is 0 Å². The largest absolute Gasteiger partial charge is 0.482 e. The van der Waals surface area contributed by atoms with E-state index in [1.165, 1.54) is 0 Å². The van der Waals surface area contributed by atoms with E-state index in [0.29, 0.717) is 28.6 Å². The van der Waals surface area contributed by atoms with Gasteiger partial charge in [-0.2, -0.15) is 5.26 Å². The van der Waals surface area contributed by atoms with Crippen molar-refractivity contribution in [2.24, 2.45) is 0 Å². The summed E-state index contributed by atoms with van der Waals surface area (Å²) < 4.78 is 5.40. The number of nitriles is 1. The van der Waals surface area contributed by atoms with Crippen LogP contribution in [0.2, 0.25) is 5.02 Å². The zero-order valence-corrected chi connectivity index (χ0v) is 11.8. The Morgan fingerprint density at radius 1 is 1.29 bits per heavy atom. The van der Waals surface area contributed by atoms with E-state index in [1.807, 2.05) is 12.1 Å². The molecule has 0 atom stereocenters. The standard InChI is InChI=1S/C16H11ClN2O2/c17-13-5-6-15-14(7-13)19(16(20)10-21-15)9-12-4-2-1-3-11(12)8-18/h1-7H,9-10H2. The van der Waals surface area contributed by atoms with Gasteiger partial charge in [0.2, 0.25) is 0 Å². The van der Waals surface area contributed by atoms with Gasteiger partial charge < -0.3 is 9.64 Å². The summed E-state index contributed by atoms with van der Waals surface area (Å²) in [5.74, 6) is 0.464. The third kappa shape index (κ3) is 2.56. The molecule has 0 aromatic heterocycles. The summed E-state index contributed by atoms with van der Waals surface area (Å²) in [6.07, 6.45) is 0. The zero-order valence-electron chi connectivity index (χ0n) is 11.0. The minimum atomic E-state index is -0.155. The lowest BCUT2D eigenvalue weighted by Gasteiger charge is -2.29. The molecule has 104 valence electrons. The van der Waals surface area contributed by atoms with Crippen molar-refractivity contribution in [2.45, 2.75) is 6.54 Å². The summed E-state index contributed by atoms with van der Waals surface area (Å²) in [6, 6.07) is 14.5. The van der Waals surface area contributed by atoms with Crippen molar-refractivity contribution in [1.82, 2.24) is 0 Å². The first-order valence-corrected chi connectivity index (χ1v) is 6.77. The number of hydrogen-bond donors (Lipinski definition) is 0. The summed E-state index contributed by atoms with van der Waals surface area (Å²) >= 11 is 6.01. The van der Waals surface area contributed by atoms with Gasteiger partial charge in [0.15, 0.2) is 6.61 Å². The number of amides is 1. The van der Waals surface area contributed by atoms with Crippen molar-refractivity contribution in [3.05, 3.63) is 58.6 Å². The number of carbonyl (C=O) groups excluding carboxylic acids is 1. The van der Waals surface area contributed by atoms with Crippen molar-refractivity contribution in [3.63, 3.8) is 0 Å². The smallest absolute Gasteiger partial charge is 0.265 e. The third-order valence-electron chi connectivity index (χ3n) is 3.33. The van der Waals surface area contributed by atoms with Crippen LogP contribution in [-0.2, 0) is 11.3 Å². The lowest BCUT2D eigenvalue weighted by molar-refractivity contribution is -0.121. The van der Waals surface area contributed by atoms with Gasteiger partial charge in [0.1, 0.15) is 5.75 Å². The highest BCUT2D eigenvalue weighted by atomic mass is 35.5. The van der Waals surface area contributed by atoms with E-state index < -0.39 is 0 Å². The first-order valence-electron chi connectivity index (χ1n) is 6.40. The molecule has 0 saturated heterocycles. The number of fused-ring (bicyclic) bond motifs is 1. The average molecular weight is 299 g/mol. The summed E-state index contributed by atoms with van der Waals surface area (Å²) in [5.41, 5.74) is 1.98. The molecule has 5 heteroatoms. The van der Waals surface area contributed by atoms with Crippen LogP contribution in [0.4, 0.5) is 5.69 Å². The minimum absolute atomic E-state index is 0.0106. The molecule has 1 aliphatic heterocycles. The number of nitrogens with zero attached hydrogens (tertiary/aromatic N) is 2. The summed E-state index contributed by atoms with van der Waals surface area (Å²) in [6.45, 7) is 0.308. The second-order valence-corrected chi connectivity index (χ2v) is 5.09. The van der Waals surface area contributed by atoms with Crippen LogP contribution in [0.15, 0.2) is 42.5 Å². The molecule has 1 heterocycles. The van der Waals surface area contributed by atoms with Gasteiger partial charge in [0.05, 0.1) is 23.9 Å². The normalized spacial score (nSPS) is 13.3. The highest BCUT2D eigenvalue weighted by molar-refractivity contribution is 6.31. The molecule has 4 nitrogen and oxygen atoms in total. The van der Waals surface area contributed by atoms with Crippen LogP contribution in [0, 0.1) is 11.3 Å². The SMILES string of the molecule is N#Cc1ccccc1CN1C(=O)COc2ccc(Cl)cc21. The molecule has 0 aliphatic carbocycles. The second kappa shape index (κ2) is 5.47. The predicted molar refractivity (Wildman–Crippen MR) is 79.3 cm³/mol. The fourth-order valence-electron chi connectivity index (χ4n) is 2.29. The molecule has 2 aromatic rings. The molecule has 1 amide bonds. The molecular weight excluding hydrogens is 288 g/mol. The Bertz CT molecular complexity index is 752. The van der Waals surface area contributed by atoms with Gasteiger partial charge in [-0.05, 0) is 29.8 Å². The van der Waals surface area contributed by atoms with E-state index in [-0.39, 0.29) is 12.5 Å². The molecule has 21 heavy (non-hydrogen) atoms. The number of rotatable bonds is 2. The summed E-state index contributed by atoms with van der Waals surface area (Å²) in [4.78, 5) is 13.7. The van der Waals surface area contributed by atoms with E-state index in [1.54, 1.807) is 35.2 Å². The highest BCUT2D eigenvalue weighted by Gasteiger charge is 2.26. The van der Waals surface area contributed by atoms with Crippen molar-refractivity contribution < 1.29 is 9.53 Å². The van der Waals surface area contributed by atoms with Crippen LogP contribution in [0.1, 0.15) is 11.1 Å². The fraction of sp³-hybridized carbons (Fsp3) is 0.125. The van der Waals surface area contributed by atoms with Crippen molar-refractivity contribution in [3.8, 4) is 11.8 Å². The number of anilines is 1. The van der Waals surface area contributed by atoms with E-state index >= 15 is 0 Å². The molecule has 0 fully saturated rings. The van der Waals surface area contributed by atoms with Gasteiger partial charge in [-0.1, -0.05) is 29.8 Å². The molecule has 0 unspecified atom stereocenters. The van der Waals surface area contributed by atoms with E-state index in [0.717, 1.165) is 5.56 Å². The average Bonchev–Trinajstić information content (AvgIpc) is 2.50. The Balaban J connectivity index is 2.01. The maximum atomic E-state index is 12.1. The first kappa shape index (κ1) is 13.5. The zero-order chi connectivity index (χ0) is 14.8. The van der Waals surface area contributed by atoms with Gasteiger partial charge in [0, 0.05) is 5.02 Å². The van der Waals surface area contributed by atoms with Crippen LogP contribution < -0.4 is 9.64 Å². The number of hydrogen-bond acceptors (Lipinski definition) is 3. The predicted octanol–water partition coefficient (Wildman–Crippen LogP) is 3.14. The number of carbonyl (C=O) groups is 1. The molecule has 3 rings (SSSR count). The van der Waals surface area contributed by atoms with E-state index in [4.69, 9.17) is 21.6 Å². The van der Waals surface area contributed by atoms with E-state index in [9.17, 15) is 4.79 Å². The van der Waals surface area contributed by atoms with Gasteiger partial charge in [0.25, 0.3) is 5.91 Å². The number of halogens is 1. The summed E-state index contributed by atoms with van der Waals surface area (Å²) in [5, 5.41) is 9.69. The van der Waals surface area contributed by atoms with Crippen molar-refractivity contribution in [1.29, 1.82) is 5.26 Å². The Labute approximate surface area is 127 Å². The molecular formula is C16H11ClN2O2.